The van der Waals surface area contributed by atoms with Gasteiger partial charge in [-0.1, -0.05) is 6.07 Å². The number of ether oxygens (including phenoxy) is 2. The molecule has 0 aliphatic heterocycles. The zero-order valence-corrected chi connectivity index (χ0v) is 14.3. The molecule has 0 aliphatic rings. The number of hydrogen-bond acceptors (Lipinski definition) is 5. The van der Waals surface area contributed by atoms with E-state index in [0.29, 0.717) is 17.2 Å². The minimum atomic E-state index is 0.693. The van der Waals surface area contributed by atoms with Gasteiger partial charge in [0, 0.05) is 23.1 Å². The van der Waals surface area contributed by atoms with E-state index in [1.165, 1.54) is 11.1 Å². The summed E-state index contributed by atoms with van der Waals surface area (Å²) < 4.78 is 10.5. The van der Waals surface area contributed by atoms with Crippen molar-refractivity contribution in [1.82, 2.24) is 0 Å². The molecular weight excluding hydrogens is 296 g/mol. The van der Waals surface area contributed by atoms with Gasteiger partial charge in [0.05, 0.1) is 25.6 Å². The monoisotopic (exact) mass is 316 g/mol. The van der Waals surface area contributed by atoms with Crippen molar-refractivity contribution in [2.75, 3.05) is 20.5 Å². The molecule has 0 fully saturated rings. The maximum Gasteiger partial charge on any atom is 0.124 e. The molecule has 0 amide bonds. The Morgan fingerprint density at radius 2 is 1.50 bits per heavy atom. The van der Waals surface area contributed by atoms with Crippen molar-refractivity contribution in [3.8, 4) is 11.5 Å². The lowest BCUT2D eigenvalue weighted by Crippen LogP contribution is -1.86. The molecule has 0 atom stereocenters. The van der Waals surface area contributed by atoms with E-state index in [-0.39, 0.29) is 0 Å². The molecule has 0 aliphatic carbocycles. The number of nitrogens with zero attached hydrogens (tertiary/aromatic N) is 2. The van der Waals surface area contributed by atoms with Crippen molar-refractivity contribution in [2.45, 2.75) is 18.7 Å². The van der Waals surface area contributed by atoms with Crippen LogP contribution in [0.2, 0.25) is 0 Å². The van der Waals surface area contributed by atoms with Crippen LogP contribution in [0.4, 0.5) is 11.4 Å². The first-order valence-electron chi connectivity index (χ1n) is 6.87. The lowest BCUT2D eigenvalue weighted by atomic mass is 10.1. The Morgan fingerprint density at radius 1 is 0.864 bits per heavy atom. The normalized spacial score (nSPS) is 11.0. The third kappa shape index (κ3) is 3.80. The summed E-state index contributed by atoms with van der Waals surface area (Å²) in [6, 6.07) is 9.66. The fourth-order valence-corrected chi connectivity index (χ4v) is 2.92. The van der Waals surface area contributed by atoms with Crippen LogP contribution in [-0.2, 0) is 0 Å². The molecule has 2 rings (SSSR count). The fourth-order valence-electron chi connectivity index (χ4n) is 2.23. The average Bonchev–Trinajstić information content (AvgIpc) is 2.52. The van der Waals surface area contributed by atoms with E-state index in [9.17, 15) is 0 Å². The molecular formula is C17H20N2O2S. The third-order valence-corrected chi connectivity index (χ3v) is 4.15. The van der Waals surface area contributed by atoms with E-state index < -0.39 is 0 Å². The molecule has 4 nitrogen and oxygen atoms in total. The van der Waals surface area contributed by atoms with E-state index in [1.54, 1.807) is 26.0 Å². The Labute approximate surface area is 135 Å². The lowest BCUT2D eigenvalue weighted by molar-refractivity contribution is 0.394. The second-order valence-electron chi connectivity index (χ2n) is 4.91. The van der Waals surface area contributed by atoms with Crippen LogP contribution in [0.5, 0.6) is 11.5 Å². The van der Waals surface area contributed by atoms with Crippen LogP contribution in [0, 0.1) is 13.8 Å². The van der Waals surface area contributed by atoms with Crippen molar-refractivity contribution in [3.63, 3.8) is 0 Å². The molecule has 5 heteroatoms. The number of methoxy groups -OCH3 is 2. The van der Waals surface area contributed by atoms with Crippen molar-refractivity contribution in [2.24, 2.45) is 10.2 Å². The van der Waals surface area contributed by atoms with E-state index in [2.05, 4.69) is 30.1 Å². The molecule has 0 saturated heterocycles. The molecule has 0 N–H and O–H groups in total. The predicted octanol–water partition coefficient (Wildman–Crippen LogP) is 5.46. The maximum atomic E-state index is 5.25. The molecule has 0 heterocycles. The summed E-state index contributed by atoms with van der Waals surface area (Å²) in [7, 11) is 3.23. The Morgan fingerprint density at radius 3 is 2.05 bits per heavy atom. The highest BCUT2D eigenvalue weighted by molar-refractivity contribution is 7.98. The summed E-state index contributed by atoms with van der Waals surface area (Å²) in [4.78, 5) is 1.14. The third-order valence-electron chi connectivity index (χ3n) is 3.21. The van der Waals surface area contributed by atoms with Crippen LogP contribution in [0.3, 0.4) is 0 Å². The summed E-state index contributed by atoms with van der Waals surface area (Å²) in [6.45, 7) is 4.15. The standard InChI is InChI=1S/C17H20N2O2S/c1-11-6-12(2)17(22-5)16(7-11)19-18-13-8-14(20-3)10-15(9-13)21-4/h6-10H,1-5H3. The molecule has 116 valence electrons. The molecule has 0 unspecified atom stereocenters. The van der Waals surface area contributed by atoms with Gasteiger partial charge in [0.25, 0.3) is 0 Å². The molecule has 0 radical (unpaired) electrons. The lowest BCUT2D eigenvalue weighted by Gasteiger charge is -2.08. The van der Waals surface area contributed by atoms with E-state index >= 15 is 0 Å². The summed E-state index contributed by atoms with van der Waals surface area (Å²) in [6.07, 6.45) is 2.05. The van der Waals surface area contributed by atoms with E-state index in [1.807, 2.05) is 30.5 Å². The Balaban J connectivity index is 2.40. The number of benzene rings is 2. The average molecular weight is 316 g/mol. The molecule has 22 heavy (non-hydrogen) atoms. The highest BCUT2D eigenvalue weighted by Crippen LogP contribution is 2.34. The number of azo groups is 1. The van der Waals surface area contributed by atoms with Crippen LogP contribution in [-0.4, -0.2) is 20.5 Å². The van der Waals surface area contributed by atoms with Gasteiger partial charge in [-0.25, -0.2) is 0 Å². The molecule has 0 saturated carbocycles. The zero-order chi connectivity index (χ0) is 16.1. The van der Waals surface area contributed by atoms with Gasteiger partial charge in [0.2, 0.25) is 0 Å². The van der Waals surface area contributed by atoms with Gasteiger partial charge in [-0.05, 0) is 37.3 Å². The summed E-state index contributed by atoms with van der Waals surface area (Å²) in [5.41, 5.74) is 3.96. The Bertz CT molecular complexity index is 677. The second-order valence-corrected chi connectivity index (χ2v) is 5.72. The molecule has 0 aromatic heterocycles. The first kappa shape index (κ1) is 16.4. The fraction of sp³-hybridized carbons (Fsp3) is 0.294. The van der Waals surface area contributed by atoms with Gasteiger partial charge < -0.3 is 9.47 Å². The SMILES string of the molecule is COc1cc(N=Nc2cc(C)cc(C)c2SC)cc(OC)c1. The summed E-state index contributed by atoms with van der Waals surface area (Å²) in [5.74, 6) is 1.39. The topological polar surface area (TPSA) is 43.2 Å². The van der Waals surface area contributed by atoms with Crippen molar-refractivity contribution >= 4 is 23.1 Å². The first-order chi connectivity index (χ1) is 10.6. The van der Waals surface area contributed by atoms with Gasteiger partial charge in [-0.15, -0.1) is 16.9 Å². The number of thioether (sulfide) groups is 1. The number of hydrogen-bond donors (Lipinski definition) is 0. The minimum absolute atomic E-state index is 0.693. The highest BCUT2D eigenvalue weighted by atomic mass is 32.2. The molecule has 2 aromatic rings. The van der Waals surface area contributed by atoms with Gasteiger partial charge in [0.1, 0.15) is 11.5 Å². The van der Waals surface area contributed by atoms with Crippen LogP contribution < -0.4 is 9.47 Å². The predicted molar refractivity (Wildman–Crippen MR) is 91.4 cm³/mol. The van der Waals surface area contributed by atoms with E-state index in [4.69, 9.17) is 9.47 Å². The van der Waals surface area contributed by atoms with Crippen LogP contribution in [0.1, 0.15) is 11.1 Å². The van der Waals surface area contributed by atoms with Crippen LogP contribution >= 0.6 is 11.8 Å². The van der Waals surface area contributed by atoms with E-state index in [0.717, 1.165) is 10.6 Å². The van der Waals surface area contributed by atoms with Crippen molar-refractivity contribution in [3.05, 3.63) is 41.5 Å². The van der Waals surface area contributed by atoms with Gasteiger partial charge in [0.15, 0.2) is 0 Å². The smallest absolute Gasteiger partial charge is 0.124 e. The van der Waals surface area contributed by atoms with Gasteiger partial charge in [-0.3, -0.25) is 0 Å². The number of aryl methyl sites for hydroxylation is 2. The van der Waals surface area contributed by atoms with Crippen molar-refractivity contribution < 1.29 is 9.47 Å². The van der Waals surface area contributed by atoms with Crippen LogP contribution in [0.25, 0.3) is 0 Å². The minimum Gasteiger partial charge on any atom is -0.497 e. The highest BCUT2D eigenvalue weighted by Gasteiger charge is 2.06. The Hall–Kier alpha value is -2.01. The molecule has 0 spiro atoms. The zero-order valence-electron chi connectivity index (χ0n) is 13.5. The summed E-state index contributed by atoms with van der Waals surface area (Å²) in [5, 5.41) is 8.75. The molecule has 0 bridgehead atoms. The van der Waals surface area contributed by atoms with Gasteiger partial charge >= 0.3 is 0 Å². The van der Waals surface area contributed by atoms with Crippen molar-refractivity contribution in [1.29, 1.82) is 0 Å². The van der Waals surface area contributed by atoms with Crippen LogP contribution in [0.15, 0.2) is 45.5 Å². The Kier molecular flexibility index (Phi) is 5.44. The summed E-state index contributed by atoms with van der Waals surface area (Å²) >= 11 is 1.68. The largest absolute Gasteiger partial charge is 0.497 e. The second kappa shape index (κ2) is 7.31. The van der Waals surface area contributed by atoms with Gasteiger partial charge in [-0.2, -0.15) is 5.11 Å². The molecule has 2 aromatic carbocycles. The maximum absolute atomic E-state index is 5.25. The number of rotatable bonds is 5. The first-order valence-corrected chi connectivity index (χ1v) is 8.10. The quantitative estimate of drug-likeness (QED) is 0.543.